The maximum Gasteiger partial charge on any atom is 0.277 e. The van der Waals surface area contributed by atoms with Gasteiger partial charge in [0.1, 0.15) is 11.5 Å². The largest absolute Gasteiger partial charge is 0.494 e. The van der Waals surface area contributed by atoms with Crippen molar-refractivity contribution in [2.75, 3.05) is 13.2 Å². The van der Waals surface area contributed by atoms with Crippen LogP contribution in [0.1, 0.15) is 37.8 Å². The van der Waals surface area contributed by atoms with Gasteiger partial charge < -0.3 is 9.47 Å². The molecule has 0 heterocycles. The summed E-state index contributed by atoms with van der Waals surface area (Å²) >= 11 is 3.44. The lowest BCUT2D eigenvalue weighted by molar-refractivity contribution is -0.123. The molecule has 0 spiro atoms. The third kappa shape index (κ3) is 6.19. The molecule has 0 fully saturated rings. The molecule has 0 aliphatic heterocycles. The Labute approximate surface area is 162 Å². The van der Waals surface area contributed by atoms with Gasteiger partial charge in [-0.05, 0) is 48.7 Å². The van der Waals surface area contributed by atoms with Gasteiger partial charge in [-0.2, -0.15) is 5.10 Å². The number of halogens is 1. The van der Waals surface area contributed by atoms with Gasteiger partial charge in [-0.3, -0.25) is 4.79 Å². The zero-order chi connectivity index (χ0) is 18.9. The molecule has 2 rings (SSSR count). The first kappa shape index (κ1) is 20.0. The Kier molecular flexibility index (Phi) is 7.66. The van der Waals surface area contributed by atoms with Gasteiger partial charge in [-0.15, -0.1) is 0 Å². The van der Waals surface area contributed by atoms with Crippen LogP contribution in [0.15, 0.2) is 52.0 Å². The molecule has 2 aromatic carbocycles. The lowest BCUT2D eigenvalue weighted by atomic mass is 10.0. The number of carbonyl (C=O) groups is 1. The Bertz CT molecular complexity index is 758. The second kappa shape index (κ2) is 9.97. The van der Waals surface area contributed by atoms with Crippen molar-refractivity contribution in [1.29, 1.82) is 0 Å². The first-order valence-corrected chi connectivity index (χ1v) is 9.26. The number of hydrogen-bond acceptors (Lipinski definition) is 4. The quantitative estimate of drug-likeness (QED) is 0.506. The van der Waals surface area contributed by atoms with Gasteiger partial charge in [0, 0.05) is 10.0 Å². The fraction of sp³-hybridized carbons (Fsp3) is 0.300. The van der Waals surface area contributed by atoms with Crippen molar-refractivity contribution in [3.05, 3.63) is 58.1 Å². The summed E-state index contributed by atoms with van der Waals surface area (Å²) in [5.74, 6) is 1.53. The second-order valence-electron chi connectivity index (χ2n) is 5.92. The van der Waals surface area contributed by atoms with Crippen LogP contribution in [-0.4, -0.2) is 25.3 Å². The maximum atomic E-state index is 11.8. The third-order valence-electron chi connectivity index (χ3n) is 3.59. The number of rotatable bonds is 8. The summed E-state index contributed by atoms with van der Waals surface area (Å²) in [6.07, 6.45) is 1.56. The highest BCUT2D eigenvalue weighted by Crippen LogP contribution is 2.21. The maximum absolute atomic E-state index is 11.8. The Balaban J connectivity index is 1.84. The second-order valence-corrected chi connectivity index (χ2v) is 6.78. The standard InChI is InChI=1S/C20H23BrN2O3/c1-4-25-18-9-10-19(21)16(11-18)12-22-23-20(24)13-26-17-7-5-15(6-8-17)14(2)3/h5-12,14H,4,13H2,1-3H3,(H,23,24)/b22-12+. The van der Waals surface area contributed by atoms with E-state index in [2.05, 4.69) is 40.3 Å². The molecule has 0 aliphatic rings. The highest BCUT2D eigenvalue weighted by molar-refractivity contribution is 9.10. The molecule has 6 heteroatoms. The van der Waals surface area contributed by atoms with E-state index in [0.29, 0.717) is 18.3 Å². The number of ether oxygens (including phenoxy) is 2. The topological polar surface area (TPSA) is 59.9 Å². The molecule has 0 aromatic heterocycles. The molecule has 0 aliphatic carbocycles. The SMILES string of the molecule is CCOc1ccc(Br)c(/C=N/NC(=O)COc2ccc(C(C)C)cc2)c1. The zero-order valence-electron chi connectivity index (χ0n) is 15.2. The van der Waals surface area contributed by atoms with Crippen LogP contribution in [-0.2, 0) is 4.79 Å². The number of hydrazone groups is 1. The van der Waals surface area contributed by atoms with E-state index in [1.807, 2.05) is 49.4 Å². The predicted octanol–water partition coefficient (Wildman–Crippen LogP) is 4.50. The van der Waals surface area contributed by atoms with Gasteiger partial charge in [0.05, 0.1) is 12.8 Å². The first-order chi connectivity index (χ1) is 12.5. The number of carbonyl (C=O) groups excluding carboxylic acids is 1. The van der Waals surface area contributed by atoms with Crippen LogP contribution in [0.3, 0.4) is 0 Å². The Morgan fingerprint density at radius 3 is 2.50 bits per heavy atom. The summed E-state index contributed by atoms with van der Waals surface area (Å²) in [5.41, 5.74) is 4.49. The number of benzene rings is 2. The highest BCUT2D eigenvalue weighted by atomic mass is 79.9. The summed E-state index contributed by atoms with van der Waals surface area (Å²) in [6.45, 7) is 6.67. The smallest absolute Gasteiger partial charge is 0.277 e. The molecular formula is C20H23BrN2O3. The number of amides is 1. The van der Waals surface area contributed by atoms with Crippen LogP contribution in [0, 0.1) is 0 Å². The lowest BCUT2D eigenvalue weighted by Gasteiger charge is -2.08. The van der Waals surface area contributed by atoms with Gasteiger partial charge in [0.2, 0.25) is 0 Å². The molecule has 5 nitrogen and oxygen atoms in total. The summed E-state index contributed by atoms with van der Waals surface area (Å²) in [5, 5.41) is 3.96. The van der Waals surface area contributed by atoms with Gasteiger partial charge in [-0.25, -0.2) is 5.43 Å². The Morgan fingerprint density at radius 1 is 1.15 bits per heavy atom. The summed E-state index contributed by atoms with van der Waals surface area (Å²) < 4.78 is 11.8. The van der Waals surface area contributed by atoms with E-state index in [0.717, 1.165) is 15.8 Å². The fourth-order valence-electron chi connectivity index (χ4n) is 2.18. The molecule has 138 valence electrons. The van der Waals surface area contributed by atoms with Crippen molar-refractivity contribution in [3.8, 4) is 11.5 Å². The third-order valence-corrected chi connectivity index (χ3v) is 4.31. The Hall–Kier alpha value is -2.34. The van der Waals surface area contributed by atoms with Gasteiger partial charge in [-0.1, -0.05) is 41.9 Å². The van der Waals surface area contributed by atoms with E-state index in [9.17, 15) is 4.79 Å². The van der Waals surface area contributed by atoms with Crippen molar-refractivity contribution in [2.45, 2.75) is 26.7 Å². The lowest BCUT2D eigenvalue weighted by Crippen LogP contribution is -2.24. The van der Waals surface area contributed by atoms with Crippen LogP contribution in [0.25, 0.3) is 0 Å². The van der Waals surface area contributed by atoms with E-state index in [1.165, 1.54) is 5.56 Å². The van der Waals surface area contributed by atoms with E-state index >= 15 is 0 Å². The van der Waals surface area contributed by atoms with E-state index < -0.39 is 0 Å². The molecule has 1 amide bonds. The molecule has 26 heavy (non-hydrogen) atoms. The summed E-state index contributed by atoms with van der Waals surface area (Å²) in [4.78, 5) is 11.8. The number of hydrogen-bond donors (Lipinski definition) is 1. The van der Waals surface area contributed by atoms with Crippen LogP contribution >= 0.6 is 15.9 Å². The molecule has 0 saturated carbocycles. The van der Waals surface area contributed by atoms with Gasteiger partial charge in [0.25, 0.3) is 5.91 Å². The van der Waals surface area contributed by atoms with Crippen LogP contribution < -0.4 is 14.9 Å². The fourth-order valence-corrected chi connectivity index (χ4v) is 2.53. The van der Waals surface area contributed by atoms with Crippen molar-refractivity contribution < 1.29 is 14.3 Å². The molecular weight excluding hydrogens is 396 g/mol. The molecule has 0 bridgehead atoms. The van der Waals surface area contributed by atoms with Gasteiger partial charge >= 0.3 is 0 Å². The molecule has 0 unspecified atom stereocenters. The average Bonchev–Trinajstić information content (AvgIpc) is 2.63. The first-order valence-electron chi connectivity index (χ1n) is 8.46. The van der Waals surface area contributed by atoms with Crippen LogP contribution in [0.5, 0.6) is 11.5 Å². The Morgan fingerprint density at radius 2 is 1.85 bits per heavy atom. The molecule has 0 atom stereocenters. The highest BCUT2D eigenvalue weighted by Gasteiger charge is 2.04. The van der Waals surface area contributed by atoms with Crippen molar-refractivity contribution in [1.82, 2.24) is 5.43 Å². The van der Waals surface area contributed by atoms with Gasteiger partial charge in [0.15, 0.2) is 6.61 Å². The van der Waals surface area contributed by atoms with E-state index in [1.54, 1.807) is 6.21 Å². The minimum Gasteiger partial charge on any atom is -0.494 e. The van der Waals surface area contributed by atoms with Crippen LogP contribution in [0.2, 0.25) is 0 Å². The minimum atomic E-state index is -0.328. The van der Waals surface area contributed by atoms with Crippen molar-refractivity contribution >= 4 is 28.1 Å². The zero-order valence-corrected chi connectivity index (χ0v) is 16.7. The molecule has 0 radical (unpaired) electrons. The van der Waals surface area contributed by atoms with Crippen molar-refractivity contribution in [2.24, 2.45) is 5.10 Å². The number of nitrogens with zero attached hydrogens (tertiary/aromatic N) is 1. The van der Waals surface area contributed by atoms with Crippen LogP contribution in [0.4, 0.5) is 0 Å². The molecule has 1 N–H and O–H groups in total. The molecule has 2 aromatic rings. The monoisotopic (exact) mass is 418 g/mol. The summed E-state index contributed by atoms with van der Waals surface area (Å²) in [7, 11) is 0. The predicted molar refractivity (Wildman–Crippen MR) is 107 cm³/mol. The minimum absolute atomic E-state index is 0.0987. The number of nitrogens with one attached hydrogen (secondary N) is 1. The van der Waals surface area contributed by atoms with Crippen molar-refractivity contribution in [3.63, 3.8) is 0 Å². The van der Waals surface area contributed by atoms with E-state index in [-0.39, 0.29) is 12.5 Å². The molecule has 0 saturated heterocycles. The normalized spacial score (nSPS) is 11.0. The summed E-state index contributed by atoms with van der Waals surface area (Å²) in [6, 6.07) is 13.3. The van der Waals surface area contributed by atoms with E-state index in [4.69, 9.17) is 9.47 Å². The average molecular weight is 419 g/mol.